The van der Waals surface area contributed by atoms with Gasteiger partial charge in [0.25, 0.3) is 10.0 Å². The molecule has 33 heavy (non-hydrogen) atoms. The predicted molar refractivity (Wildman–Crippen MR) is 122 cm³/mol. The van der Waals surface area contributed by atoms with Crippen LogP contribution in [0.25, 0.3) is 0 Å². The van der Waals surface area contributed by atoms with Crippen molar-refractivity contribution in [1.82, 2.24) is 9.62 Å². The van der Waals surface area contributed by atoms with E-state index >= 15 is 0 Å². The van der Waals surface area contributed by atoms with E-state index in [4.69, 9.17) is 0 Å². The summed E-state index contributed by atoms with van der Waals surface area (Å²) in [4.78, 5) is 2.04. The molecule has 0 radical (unpaired) electrons. The average molecular weight is 504 g/mol. The van der Waals surface area contributed by atoms with Gasteiger partial charge in [-0.3, -0.25) is 0 Å². The van der Waals surface area contributed by atoms with E-state index in [0.29, 0.717) is 29.0 Å². The number of halogens is 3. The van der Waals surface area contributed by atoms with Crippen molar-refractivity contribution in [1.29, 1.82) is 0 Å². The van der Waals surface area contributed by atoms with Crippen LogP contribution in [0.3, 0.4) is 0 Å². The second kappa shape index (κ2) is 9.18. The molecule has 1 unspecified atom stereocenters. The molecule has 1 aliphatic carbocycles. The number of rotatable bonds is 7. The van der Waals surface area contributed by atoms with E-state index in [-0.39, 0.29) is 24.7 Å². The van der Waals surface area contributed by atoms with Crippen molar-refractivity contribution in [3.8, 4) is 0 Å². The van der Waals surface area contributed by atoms with Crippen LogP contribution < -0.4 is 10.2 Å². The third kappa shape index (κ3) is 4.93. The number of alkyl halides is 3. The molecule has 1 saturated heterocycles. The number of piperazine rings is 1. The highest BCUT2D eigenvalue weighted by atomic mass is 32.2. The molecule has 2 aliphatic rings. The first-order valence-electron chi connectivity index (χ1n) is 10.9. The van der Waals surface area contributed by atoms with Gasteiger partial charge in [-0.1, -0.05) is 24.6 Å². The monoisotopic (exact) mass is 503 g/mol. The van der Waals surface area contributed by atoms with Crippen LogP contribution in [0.1, 0.15) is 31.7 Å². The molecule has 2 fully saturated rings. The van der Waals surface area contributed by atoms with E-state index < -0.39 is 21.8 Å². The number of hydrogen-bond donors (Lipinski definition) is 2. The summed E-state index contributed by atoms with van der Waals surface area (Å²) < 4.78 is 67.5. The van der Waals surface area contributed by atoms with Crippen LogP contribution >= 0.6 is 11.3 Å². The highest BCUT2D eigenvalue weighted by Crippen LogP contribution is 2.39. The van der Waals surface area contributed by atoms with Gasteiger partial charge >= 0.3 is 6.18 Å². The van der Waals surface area contributed by atoms with Gasteiger partial charge in [0.1, 0.15) is 4.21 Å². The van der Waals surface area contributed by atoms with Gasteiger partial charge in [-0.05, 0) is 48.9 Å². The van der Waals surface area contributed by atoms with Gasteiger partial charge in [-0.25, -0.2) is 8.42 Å². The molecule has 0 amide bonds. The summed E-state index contributed by atoms with van der Waals surface area (Å²) in [6, 6.07) is 9.25. The van der Waals surface area contributed by atoms with Crippen LogP contribution in [-0.4, -0.2) is 62.3 Å². The molecule has 11 heteroatoms. The summed E-state index contributed by atoms with van der Waals surface area (Å²) in [5.41, 5.74) is -2.48. The molecule has 0 bridgehead atoms. The Balaban J connectivity index is 1.55. The average Bonchev–Trinajstić information content (AvgIpc) is 3.28. The highest BCUT2D eigenvalue weighted by molar-refractivity contribution is 7.91. The molecule has 1 saturated carbocycles. The smallest absolute Gasteiger partial charge is 0.376 e. The first-order chi connectivity index (χ1) is 15.5. The molecular weight excluding hydrogens is 475 g/mol. The maximum atomic E-state index is 13.2. The Morgan fingerprint density at radius 1 is 1.15 bits per heavy atom. The minimum Gasteiger partial charge on any atom is -0.376 e. The Labute approximate surface area is 196 Å². The molecule has 182 valence electrons. The van der Waals surface area contributed by atoms with Crippen molar-refractivity contribution < 1.29 is 26.7 Å². The third-order valence-electron chi connectivity index (χ3n) is 6.60. The largest absolute Gasteiger partial charge is 0.421 e. The molecule has 1 aliphatic heterocycles. The van der Waals surface area contributed by atoms with Crippen molar-refractivity contribution in [3.05, 3.63) is 47.3 Å². The van der Waals surface area contributed by atoms with E-state index in [1.807, 2.05) is 4.90 Å². The molecule has 2 atom stereocenters. The van der Waals surface area contributed by atoms with Gasteiger partial charge in [0.15, 0.2) is 5.60 Å². The molecule has 6 nitrogen and oxygen atoms in total. The molecular formula is C22H28F3N3O3S2. The second-order valence-electron chi connectivity index (χ2n) is 8.80. The van der Waals surface area contributed by atoms with Crippen LogP contribution in [0.5, 0.6) is 0 Å². The van der Waals surface area contributed by atoms with Gasteiger partial charge in [0.2, 0.25) is 0 Å². The minimum atomic E-state index is -4.79. The molecule has 2 N–H and O–H groups in total. The van der Waals surface area contributed by atoms with Gasteiger partial charge in [-0.2, -0.15) is 17.5 Å². The summed E-state index contributed by atoms with van der Waals surface area (Å²) in [5, 5.41) is 15.2. The lowest BCUT2D eigenvalue weighted by Gasteiger charge is -2.43. The lowest BCUT2D eigenvalue weighted by molar-refractivity contribution is -0.258. The minimum absolute atomic E-state index is 0.178. The summed E-state index contributed by atoms with van der Waals surface area (Å²) >= 11 is 1.18. The number of nitrogens with zero attached hydrogens (tertiary/aromatic N) is 2. The normalized spacial score (nSPS) is 22.7. The van der Waals surface area contributed by atoms with E-state index in [0.717, 1.165) is 19.8 Å². The fraction of sp³-hybridized carbons (Fsp3) is 0.545. The van der Waals surface area contributed by atoms with Crippen LogP contribution in [0.15, 0.2) is 46.0 Å². The topological polar surface area (TPSA) is 72.9 Å². The predicted octanol–water partition coefficient (Wildman–Crippen LogP) is 3.54. The van der Waals surface area contributed by atoms with E-state index in [1.165, 1.54) is 34.2 Å². The number of sulfonamides is 1. The number of aliphatic hydroxyl groups is 1. The lowest BCUT2D eigenvalue weighted by Crippen LogP contribution is -2.59. The molecule has 2 heterocycles. The second-order valence-corrected chi connectivity index (χ2v) is 11.9. The zero-order chi connectivity index (χ0) is 23.9. The summed E-state index contributed by atoms with van der Waals surface area (Å²) in [6.45, 7) is 2.28. The van der Waals surface area contributed by atoms with Crippen LogP contribution in [0, 0.1) is 0 Å². The fourth-order valence-electron chi connectivity index (χ4n) is 4.15. The third-order valence-corrected chi connectivity index (χ3v) is 9.83. The van der Waals surface area contributed by atoms with Crippen molar-refractivity contribution in [2.24, 2.45) is 0 Å². The van der Waals surface area contributed by atoms with Gasteiger partial charge in [-0.15, -0.1) is 11.3 Å². The molecule has 1 aromatic carbocycles. The number of benzene rings is 1. The first-order valence-corrected chi connectivity index (χ1v) is 13.3. The van der Waals surface area contributed by atoms with Gasteiger partial charge in [0, 0.05) is 37.9 Å². The zero-order valence-corrected chi connectivity index (χ0v) is 19.9. The van der Waals surface area contributed by atoms with Crippen molar-refractivity contribution in [3.63, 3.8) is 0 Å². The Kier molecular flexibility index (Phi) is 6.81. The van der Waals surface area contributed by atoms with Gasteiger partial charge in [0.05, 0.1) is 6.04 Å². The lowest BCUT2D eigenvalue weighted by atomic mass is 9.93. The highest BCUT2D eigenvalue weighted by Gasteiger charge is 2.51. The van der Waals surface area contributed by atoms with E-state index in [2.05, 4.69) is 5.32 Å². The van der Waals surface area contributed by atoms with E-state index in [1.54, 1.807) is 29.6 Å². The standard InChI is InChI=1S/C22H28F3N3O3S2/c1-21(29,22(23,24)25)16-7-9-18(10-8-16)28-12-11-27(33(30,31)20-6-3-13-32-20)15-19(28)14-26-17-4-2-5-17/h3,6-10,13,17,19,26,29H,2,4-5,11-12,14-15H2,1H3/t19-,21?/m0/s1. The summed E-state index contributed by atoms with van der Waals surface area (Å²) in [6.07, 6.45) is -1.44. The first kappa shape index (κ1) is 24.5. The quantitative estimate of drug-likeness (QED) is 0.605. The number of thiophene rings is 1. The van der Waals surface area contributed by atoms with Crippen LogP contribution in [0.4, 0.5) is 18.9 Å². The van der Waals surface area contributed by atoms with Crippen molar-refractivity contribution in [2.75, 3.05) is 31.1 Å². The maximum Gasteiger partial charge on any atom is 0.421 e. The van der Waals surface area contributed by atoms with Crippen LogP contribution in [-0.2, 0) is 15.6 Å². The maximum absolute atomic E-state index is 13.2. The Hall–Kier alpha value is -1.66. The molecule has 0 spiro atoms. The summed E-state index contributed by atoms with van der Waals surface area (Å²) in [7, 11) is -3.59. The Morgan fingerprint density at radius 2 is 1.85 bits per heavy atom. The fourth-order valence-corrected chi connectivity index (χ4v) is 6.77. The molecule has 2 aromatic rings. The number of anilines is 1. The zero-order valence-electron chi connectivity index (χ0n) is 18.3. The Morgan fingerprint density at radius 3 is 2.39 bits per heavy atom. The number of hydrogen-bond acceptors (Lipinski definition) is 6. The SMILES string of the molecule is CC(O)(c1ccc(N2CCN(S(=O)(=O)c3cccs3)C[C@@H]2CNC2CCC2)cc1)C(F)(F)F. The molecule has 4 rings (SSSR count). The van der Waals surface area contributed by atoms with Crippen molar-refractivity contribution >= 4 is 27.0 Å². The van der Waals surface area contributed by atoms with Crippen molar-refractivity contribution in [2.45, 2.75) is 54.3 Å². The Bertz CT molecular complexity index is 1040. The number of nitrogens with one attached hydrogen (secondary N) is 1. The van der Waals surface area contributed by atoms with Crippen LogP contribution in [0.2, 0.25) is 0 Å². The molecule has 1 aromatic heterocycles. The van der Waals surface area contributed by atoms with Gasteiger partial charge < -0.3 is 15.3 Å². The summed E-state index contributed by atoms with van der Waals surface area (Å²) in [5.74, 6) is 0. The van der Waals surface area contributed by atoms with E-state index in [9.17, 15) is 26.7 Å².